The van der Waals surface area contributed by atoms with Gasteiger partial charge >= 0.3 is 0 Å². The third-order valence-corrected chi connectivity index (χ3v) is 2.66. The molecule has 0 saturated heterocycles. The van der Waals surface area contributed by atoms with Crippen molar-refractivity contribution in [2.24, 2.45) is 0 Å². The van der Waals surface area contributed by atoms with Gasteiger partial charge in [-0.3, -0.25) is 0 Å². The van der Waals surface area contributed by atoms with Crippen LogP contribution in [0.4, 0.5) is 4.39 Å². The fraction of sp³-hybridized carbons (Fsp3) is 0.250. The summed E-state index contributed by atoms with van der Waals surface area (Å²) in [6, 6.07) is 11.5. The molecule has 0 N–H and O–H groups in total. The molecule has 0 unspecified atom stereocenters. The van der Waals surface area contributed by atoms with Gasteiger partial charge in [0.25, 0.3) is 0 Å². The largest absolute Gasteiger partial charge is 0.497 e. The van der Waals surface area contributed by atoms with E-state index in [-0.39, 0.29) is 5.75 Å². The van der Waals surface area contributed by atoms with Crippen molar-refractivity contribution in [1.82, 2.24) is 0 Å². The number of methoxy groups -OCH3 is 1. The highest BCUT2D eigenvalue weighted by molar-refractivity contribution is 5.38. The summed E-state index contributed by atoms with van der Waals surface area (Å²) in [6.45, 7) is 2.57. The molecule has 20 heavy (non-hydrogen) atoms. The Hall–Kier alpha value is -2.23. The van der Waals surface area contributed by atoms with E-state index in [9.17, 15) is 4.39 Å². The lowest BCUT2D eigenvalue weighted by atomic mass is 10.3. The molecule has 3 nitrogen and oxygen atoms in total. The zero-order chi connectivity index (χ0) is 14.4. The van der Waals surface area contributed by atoms with Crippen molar-refractivity contribution in [2.75, 3.05) is 13.7 Å². The Morgan fingerprint density at radius 1 is 0.950 bits per heavy atom. The summed E-state index contributed by atoms with van der Waals surface area (Å²) in [5.41, 5.74) is 0. The summed E-state index contributed by atoms with van der Waals surface area (Å²) in [5.74, 6) is 1.49. The van der Waals surface area contributed by atoms with E-state index in [0.29, 0.717) is 18.1 Å². The van der Waals surface area contributed by atoms with Gasteiger partial charge in [-0.15, -0.1) is 0 Å². The van der Waals surface area contributed by atoms with Gasteiger partial charge in [-0.25, -0.2) is 4.39 Å². The molecule has 0 heterocycles. The summed E-state index contributed by atoms with van der Waals surface area (Å²) in [6.07, 6.45) is 0.881. The summed E-state index contributed by atoms with van der Waals surface area (Å²) in [7, 11) is 1.59. The van der Waals surface area contributed by atoms with Crippen LogP contribution in [0.3, 0.4) is 0 Å². The molecule has 0 spiro atoms. The lowest BCUT2D eigenvalue weighted by Crippen LogP contribution is -1.96. The minimum Gasteiger partial charge on any atom is -0.497 e. The molecule has 0 radical (unpaired) electrons. The molecule has 0 atom stereocenters. The van der Waals surface area contributed by atoms with Gasteiger partial charge in [0.15, 0.2) is 11.6 Å². The van der Waals surface area contributed by atoms with Gasteiger partial charge in [0.05, 0.1) is 13.7 Å². The Morgan fingerprint density at radius 2 is 1.60 bits per heavy atom. The van der Waals surface area contributed by atoms with Crippen molar-refractivity contribution in [1.29, 1.82) is 0 Å². The van der Waals surface area contributed by atoms with Crippen LogP contribution in [0.25, 0.3) is 0 Å². The van der Waals surface area contributed by atoms with Crippen LogP contribution in [0.5, 0.6) is 23.0 Å². The van der Waals surface area contributed by atoms with Crippen molar-refractivity contribution in [3.63, 3.8) is 0 Å². The Kier molecular flexibility index (Phi) is 4.82. The minimum atomic E-state index is -0.450. The first-order valence-corrected chi connectivity index (χ1v) is 6.47. The maximum Gasteiger partial charge on any atom is 0.169 e. The molecule has 4 heteroatoms. The maximum atomic E-state index is 13.9. The molecule has 2 aromatic rings. The Morgan fingerprint density at radius 3 is 2.20 bits per heavy atom. The van der Waals surface area contributed by atoms with Crippen molar-refractivity contribution >= 4 is 0 Å². The predicted octanol–water partition coefficient (Wildman–Crippen LogP) is 4.42. The average molecular weight is 276 g/mol. The molecule has 106 valence electrons. The van der Waals surface area contributed by atoms with Crippen LogP contribution in [0.1, 0.15) is 13.3 Å². The van der Waals surface area contributed by atoms with Crippen LogP contribution in [0, 0.1) is 5.82 Å². The van der Waals surface area contributed by atoms with Crippen LogP contribution in [0.2, 0.25) is 0 Å². The molecular formula is C16H17FO3. The fourth-order valence-electron chi connectivity index (χ4n) is 1.64. The topological polar surface area (TPSA) is 27.7 Å². The molecule has 2 aromatic carbocycles. The zero-order valence-electron chi connectivity index (χ0n) is 11.6. The van der Waals surface area contributed by atoms with E-state index in [0.717, 1.165) is 12.2 Å². The SMILES string of the molecule is CCCOc1ccc(Oc2ccc(OC)cc2)c(F)c1. The number of hydrogen-bond acceptors (Lipinski definition) is 3. The van der Waals surface area contributed by atoms with Gasteiger partial charge in [0.2, 0.25) is 0 Å². The lowest BCUT2D eigenvalue weighted by Gasteiger charge is -2.09. The molecule has 0 amide bonds. The molecular weight excluding hydrogens is 259 g/mol. The minimum absolute atomic E-state index is 0.166. The third kappa shape index (κ3) is 3.63. The van der Waals surface area contributed by atoms with E-state index in [1.54, 1.807) is 43.5 Å². The van der Waals surface area contributed by atoms with E-state index in [2.05, 4.69) is 0 Å². The fourth-order valence-corrected chi connectivity index (χ4v) is 1.64. The number of rotatable bonds is 6. The first-order valence-electron chi connectivity index (χ1n) is 6.47. The van der Waals surface area contributed by atoms with Gasteiger partial charge in [-0.2, -0.15) is 0 Å². The quantitative estimate of drug-likeness (QED) is 0.782. The normalized spacial score (nSPS) is 10.2. The number of halogens is 1. The highest BCUT2D eigenvalue weighted by atomic mass is 19.1. The average Bonchev–Trinajstić information content (AvgIpc) is 2.48. The first kappa shape index (κ1) is 14.2. The van der Waals surface area contributed by atoms with Gasteiger partial charge in [-0.1, -0.05) is 6.92 Å². The second-order valence-corrected chi connectivity index (χ2v) is 4.22. The maximum absolute atomic E-state index is 13.9. The summed E-state index contributed by atoms with van der Waals surface area (Å²) in [4.78, 5) is 0. The molecule has 0 bridgehead atoms. The lowest BCUT2D eigenvalue weighted by molar-refractivity contribution is 0.314. The van der Waals surface area contributed by atoms with Gasteiger partial charge in [-0.05, 0) is 42.8 Å². The van der Waals surface area contributed by atoms with E-state index in [1.165, 1.54) is 6.07 Å². The van der Waals surface area contributed by atoms with Crippen LogP contribution >= 0.6 is 0 Å². The molecule has 0 aliphatic rings. The monoisotopic (exact) mass is 276 g/mol. The Bertz CT molecular complexity index is 552. The molecule has 2 rings (SSSR count). The molecule has 0 aromatic heterocycles. The number of ether oxygens (including phenoxy) is 3. The predicted molar refractivity (Wildman–Crippen MR) is 75.3 cm³/mol. The van der Waals surface area contributed by atoms with Gasteiger partial charge in [0, 0.05) is 6.07 Å². The van der Waals surface area contributed by atoms with Crippen LogP contribution in [-0.4, -0.2) is 13.7 Å². The van der Waals surface area contributed by atoms with Gasteiger partial charge < -0.3 is 14.2 Å². The smallest absolute Gasteiger partial charge is 0.169 e. The Balaban J connectivity index is 2.08. The van der Waals surface area contributed by atoms with Crippen molar-refractivity contribution in [2.45, 2.75) is 13.3 Å². The third-order valence-electron chi connectivity index (χ3n) is 2.66. The van der Waals surface area contributed by atoms with Crippen molar-refractivity contribution in [3.8, 4) is 23.0 Å². The molecule has 0 aliphatic carbocycles. The highest BCUT2D eigenvalue weighted by Gasteiger charge is 2.07. The Labute approximate surface area is 117 Å². The number of benzene rings is 2. The second kappa shape index (κ2) is 6.80. The van der Waals surface area contributed by atoms with Crippen LogP contribution < -0.4 is 14.2 Å². The van der Waals surface area contributed by atoms with E-state index < -0.39 is 5.82 Å². The van der Waals surface area contributed by atoms with E-state index in [4.69, 9.17) is 14.2 Å². The van der Waals surface area contributed by atoms with Gasteiger partial charge in [0.1, 0.15) is 17.2 Å². The molecule has 0 aliphatic heterocycles. The van der Waals surface area contributed by atoms with E-state index >= 15 is 0 Å². The van der Waals surface area contributed by atoms with Crippen molar-refractivity contribution < 1.29 is 18.6 Å². The number of hydrogen-bond donors (Lipinski definition) is 0. The summed E-state index contributed by atoms with van der Waals surface area (Å²) in [5, 5.41) is 0. The van der Waals surface area contributed by atoms with Crippen LogP contribution in [0.15, 0.2) is 42.5 Å². The zero-order valence-corrected chi connectivity index (χ0v) is 11.6. The van der Waals surface area contributed by atoms with Crippen LogP contribution in [-0.2, 0) is 0 Å². The first-order chi connectivity index (χ1) is 9.72. The van der Waals surface area contributed by atoms with E-state index in [1.807, 2.05) is 6.92 Å². The molecule has 0 saturated carbocycles. The van der Waals surface area contributed by atoms with Crippen molar-refractivity contribution in [3.05, 3.63) is 48.3 Å². The molecule has 0 fully saturated rings. The second-order valence-electron chi connectivity index (χ2n) is 4.22. The highest BCUT2D eigenvalue weighted by Crippen LogP contribution is 2.28. The summed E-state index contributed by atoms with van der Waals surface area (Å²) < 4.78 is 29.8. The summed E-state index contributed by atoms with van der Waals surface area (Å²) >= 11 is 0. The standard InChI is InChI=1S/C16H17FO3/c1-3-10-19-14-8-9-16(15(17)11-14)20-13-6-4-12(18-2)5-7-13/h4-9,11H,3,10H2,1-2H3.